The molecule has 13 rings (SSSR count). The van der Waals surface area contributed by atoms with Gasteiger partial charge in [-0.1, -0.05) is 196 Å². The van der Waals surface area contributed by atoms with Crippen molar-refractivity contribution in [2.24, 2.45) is 0 Å². The average Bonchev–Trinajstić information content (AvgIpc) is 1.70. The van der Waals surface area contributed by atoms with Crippen LogP contribution in [-0.4, -0.2) is 31.2 Å². The molecule has 0 spiro atoms. The van der Waals surface area contributed by atoms with Gasteiger partial charge in [0.1, 0.15) is 35.6 Å². The van der Waals surface area contributed by atoms with Crippen LogP contribution in [0.25, 0.3) is 61.3 Å². The Morgan fingerprint density at radius 2 is 1.04 bits per heavy atom. The number of aromatic nitrogens is 5. The Bertz CT molecular complexity index is 4680. The zero-order chi connectivity index (χ0) is 64.2. The molecule has 8 nitrogen and oxygen atoms in total. The maximum Gasteiger partial charge on any atom is 0.167 e. The molecule has 0 saturated carbocycles. The van der Waals surface area contributed by atoms with Crippen molar-refractivity contribution in [1.82, 2.24) is 24.5 Å². The highest BCUT2D eigenvalue weighted by atomic mass is 16.5. The van der Waals surface area contributed by atoms with Gasteiger partial charge in [0.2, 0.25) is 0 Å². The normalized spacial score (nSPS) is 14.5. The molecule has 12 aromatic rings. The predicted octanol–water partition coefficient (Wildman–Crippen LogP) is 18.4. The van der Waals surface area contributed by atoms with Crippen molar-refractivity contribution in [2.75, 3.05) is 16.5 Å². The predicted molar refractivity (Wildman–Crippen MR) is 333 cm³/mol. The molecular weight excluding hydrogens is 991 g/mol. The summed E-state index contributed by atoms with van der Waals surface area (Å²) >= 11 is 0. The zero-order valence-corrected chi connectivity index (χ0v) is 46.1. The number of pyridine rings is 1. The quantitative estimate of drug-likeness (QED) is 0.121. The van der Waals surface area contributed by atoms with Gasteiger partial charge in [0.05, 0.1) is 47.4 Å². The Kier molecular flexibility index (Phi) is 10.1. The number of hydrogen-bond donors (Lipinski definition) is 0. The van der Waals surface area contributed by atoms with Crippen molar-refractivity contribution in [2.45, 2.75) is 64.7 Å². The third kappa shape index (κ3) is 9.26. The van der Waals surface area contributed by atoms with E-state index in [9.17, 15) is 5.48 Å². The Morgan fingerprint density at radius 1 is 0.469 bits per heavy atom. The first-order valence-corrected chi connectivity index (χ1v) is 27.1. The van der Waals surface area contributed by atoms with Gasteiger partial charge < -0.3 is 14.5 Å². The third-order valence-corrected chi connectivity index (χ3v) is 15.5. The van der Waals surface area contributed by atoms with Crippen LogP contribution < -0.4 is 14.5 Å². The number of para-hydroxylation sites is 4. The lowest BCUT2D eigenvalue weighted by atomic mass is 9.82. The minimum atomic E-state index is -0.693. The highest BCUT2D eigenvalue weighted by Gasteiger charge is 2.35. The molecule has 0 saturated heterocycles. The molecule has 3 aromatic heterocycles. The van der Waals surface area contributed by atoms with E-state index in [2.05, 4.69) is 106 Å². The van der Waals surface area contributed by atoms with E-state index in [1.165, 1.54) is 0 Å². The van der Waals surface area contributed by atoms with Crippen LogP contribution in [0.15, 0.2) is 243 Å². The number of anilines is 4. The number of ether oxygens (including phenoxy) is 1. The van der Waals surface area contributed by atoms with E-state index in [1.54, 1.807) is 24.4 Å². The van der Waals surface area contributed by atoms with Gasteiger partial charge in [-0.25, -0.2) is 19.9 Å². The van der Waals surface area contributed by atoms with Crippen molar-refractivity contribution < 1.29 is 18.4 Å². The van der Waals surface area contributed by atoms with Gasteiger partial charge in [0.25, 0.3) is 0 Å². The minimum Gasteiger partial charge on any atom is -0.456 e. The lowest BCUT2D eigenvalue weighted by Crippen LogP contribution is -2.29. The van der Waals surface area contributed by atoms with Crippen LogP contribution in [0.2, 0.25) is 0 Å². The average molecular weight is 1060 g/mol. The van der Waals surface area contributed by atoms with Gasteiger partial charge in [-0.15, -0.1) is 0 Å². The van der Waals surface area contributed by atoms with Gasteiger partial charge >= 0.3 is 0 Å². The molecule has 0 atom stereocenters. The summed E-state index contributed by atoms with van der Waals surface area (Å²) in [6.45, 7) is 14.9. The Labute approximate surface area is 488 Å². The number of fused-ring (bicyclic) bond motifs is 4. The molecule has 0 amide bonds. The van der Waals surface area contributed by atoms with E-state index < -0.39 is 76.7 Å². The molecule has 8 heteroatoms. The van der Waals surface area contributed by atoms with Crippen LogP contribution in [0.1, 0.15) is 90.5 Å². The molecule has 81 heavy (non-hydrogen) atoms. The SMILES string of the molecule is [2H]c1c([2H])c([2H])c(-c2cccc(-c3c([2H])c([2H])c([2H])c([2H])c3[2H])c2N2CN(c3cc(Oc4cc5c(cc4-c4nc(C(C)(C)c6ccccc6)nc(C(C)(C)c6ccccc6)n4)c4ccccc4n5-c4ccccn4)cc(C(C)(C)C)c3)c3ccccc32)c([2H])c1[2H]. The summed E-state index contributed by atoms with van der Waals surface area (Å²) in [7, 11) is 0. The van der Waals surface area contributed by atoms with E-state index in [-0.39, 0.29) is 34.6 Å². The van der Waals surface area contributed by atoms with Gasteiger partial charge in [-0.05, 0) is 109 Å². The van der Waals surface area contributed by atoms with E-state index in [4.69, 9.17) is 32.9 Å². The highest BCUT2D eigenvalue weighted by molar-refractivity contribution is 6.11. The fourth-order valence-electron chi connectivity index (χ4n) is 11.0. The molecule has 4 heterocycles. The number of nitrogens with zero attached hydrogens (tertiary/aromatic N) is 7. The van der Waals surface area contributed by atoms with E-state index in [1.807, 2.05) is 114 Å². The summed E-state index contributed by atoms with van der Waals surface area (Å²) in [5.41, 5.74) is 5.97. The van der Waals surface area contributed by atoms with Crippen LogP contribution in [0.4, 0.5) is 22.7 Å². The second kappa shape index (κ2) is 20.2. The smallest absolute Gasteiger partial charge is 0.167 e. The summed E-state index contributed by atoms with van der Waals surface area (Å²) < 4.78 is 98.9. The molecular formula is C73H63N7O. The molecule has 0 radical (unpaired) electrons. The third-order valence-electron chi connectivity index (χ3n) is 15.5. The van der Waals surface area contributed by atoms with Gasteiger partial charge in [-0.2, -0.15) is 0 Å². The molecule has 1 aliphatic heterocycles. The van der Waals surface area contributed by atoms with Crippen LogP contribution in [0, 0.1) is 0 Å². The minimum absolute atomic E-state index is 0.0416. The summed E-state index contributed by atoms with van der Waals surface area (Å²) in [4.78, 5) is 25.2. The summed E-state index contributed by atoms with van der Waals surface area (Å²) in [5, 5.41) is 1.90. The second-order valence-corrected chi connectivity index (χ2v) is 22.4. The van der Waals surface area contributed by atoms with Crippen LogP contribution >= 0.6 is 0 Å². The lowest BCUT2D eigenvalue weighted by molar-refractivity contribution is 0.479. The second-order valence-electron chi connectivity index (χ2n) is 22.4. The zero-order valence-electron chi connectivity index (χ0n) is 56.1. The van der Waals surface area contributed by atoms with Crippen LogP contribution in [0.5, 0.6) is 11.5 Å². The maximum atomic E-state index is 9.27. The topological polar surface area (TPSA) is 72.2 Å². The Morgan fingerprint density at radius 3 is 1.63 bits per heavy atom. The monoisotopic (exact) mass is 1060 g/mol. The number of hydrogen-bond acceptors (Lipinski definition) is 7. The molecule has 396 valence electrons. The van der Waals surface area contributed by atoms with Crippen molar-refractivity contribution >= 4 is 44.6 Å². The highest BCUT2D eigenvalue weighted by Crippen LogP contribution is 2.52. The van der Waals surface area contributed by atoms with Crippen molar-refractivity contribution in [3.8, 4) is 51.0 Å². The summed E-state index contributed by atoms with van der Waals surface area (Å²) in [6.07, 6.45) is 1.78. The van der Waals surface area contributed by atoms with Gasteiger partial charge in [-0.3, -0.25) is 4.57 Å². The molecule has 9 aromatic carbocycles. The van der Waals surface area contributed by atoms with Crippen molar-refractivity contribution in [3.63, 3.8) is 0 Å². The van der Waals surface area contributed by atoms with Crippen molar-refractivity contribution in [3.05, 3.63) is 271 Å². The lowest BCUT2D eigenvalue weighted by Gasteiger charge is -2.29. The summed E-state index contributed by atoms with van der Waals surface area (Å²) in [5.74, 6) is 3.18. The standard InChI is InChI=1S/C73H63N7O/c1-71(2,3)53-43-54(78-48-79(63-40-23-22-39-62(63)78)67-56(49-27-12-8-13-28-49)36-26-37-57(67)50-29-14-9-15-30-50)45-55(44-53)81-65-47-64-59(58-35-20-21-38-61(58)80(64)66-41-24-25-42-74-66)46-60(65)68-75-69(72(4,5)51-31-16-10-17-32-51)77-70(76-68)73(6,7)52-33-18-11-19-34-52/h8-47H,48H2,1-7H3/i8D,9D,12D,13D,14D,15D,27D,28D,29D,30D. The van der Waals surface area contributed by atoms with E-state index >= 15 is 0 Å². The fraction of sp³-hybridized carbons (Fsp3) is 0.151. The fourth-order valence-corrected chi connectivity index (χ4v) is 11.0. The molecule has 0 aliphatic carbocycles. The molecule has 0 bridgehead atoms. The number of benzene rings is 9. The van der Waals surface area contributed by atoms with Crippen LogP contribution in [0.3, 0.4) is 0 Å². The molecule has 1 aliphatic rings. The summed E-state index contributed by atoms with van der Waals surface area (Å²) in [6, 6.07) is 52.2. The largest absolute Gasteiger partial charge is 0.456 e. The Hall–Kier alpha value is -9.66. The first kappa shape index (κ1) is 40.5. The first-order chi connectivity index (χ1) is 43.4. The van der Waals surface area contributed by atoms with Gasteiger partial charge in [0, 0.05) is 56.7 Å². The van der Waals surface area contributed by atoms with Crippen molar-refractivity contribution in [1.29, 1.82) is 0 Å². The molecule has 0 unspecified atom stereocenters. The number of rotatable bonds is 12. The first-order valence-electron chi connectivity index (χ1n) is 32.1. The Balaban J connectivity index is 1.04. The van der Waals surface area contributed by atoms with E-state index in [0.29, 0.717) is 51.7 Å². The van der Waals surface area contributed by atoms with Gasteiger partial charge in [0.15, 0.2) is 5.82 Å². The molecule has 0 N–H and O–H groups in total. The maximum absolute atomic E-state index is 9.27. The van der Waals surface area contributed by atoms with Crippen LogP contribution in [-0.2, 0) is 16.2 Å². The van der Waals surface area contributed by atoms with E-state index in [0.717, 1.165) is 44.2 Å². The molecule has 0 fully saturated rings.